The maximum atomic E-state index is 8.77. The molecular formula is C11H12N2. The van der Waals surface area contributed by atoms with Crippen LogP contribution in [0.1, 0.15) is 11.1 Å². The van der Waals surface area contributed by atoms with Crippen molar-refractivity contribution < 1.29 is 0 Å². The van der Waals surface area contributed by atoms with E-state index in [9.17, 15) is 0 Å². The fourth-order valence-electron chi connectivity index (χ4n) is 1.13. The average Bonchev–Trinajstić information content (AvgIpc) is 2.16. The maximum Gasteiger partial charge on any atom is 0.0995 e. The van der Waals surface area contributed by atoms with Crippen molar-refractivity contribution in [2.75, 3.05) is 11.9 Å². The van der Waals surface area contributed by atoms with Crippen LogP contribution in [-0.2, 0) is 0 Å². The van der Waals surface area contributed by atoms with E-state index in [1.807, 2.05) is 25.1 Å². The molecule has 0 aromatic heterocycles. The third-order valence-corrected chi connectivity index (χ3v) is 1.89. The van der Waals surface area contributed by atoms with E-state index >= 15 is 0 Å². The van der Waals surface area contributed by atoms with E-state index in [2.05, 4.69) is 18.0 Å². The third-order valence-electron chi connectivity index (χ3n) is 1.89. The van der Waals surface area contributed by atoms with Gasteiger partial charge in [0.1, 0.15) is 0 Å². The minimum atomic E-state index is 0.717. The highest BCUT2D eigenvalue weighted by atomic mass is 14.9. The second-order valence-corrected chi connectivity index (χ2v) is 2.76. The van der Waals surface area contributed by atoms with Gasteiger partial charge in [0.25, 0.3) is 0 Å². The van der Waals surface area contributed by atoms with Gasteiger partial charge in [-0.25, -0.2) is 0 Å². The molecule has 2 heteroatoms. The first-order chi connectivity index (χ1) is 6.29. The lowest BCUT2D eigenvalue weighted by molar-refractivity contribution is 1.29. The molecule has 0 saturated carbocycles. The first-order valence-electron chi connectivity index (χ1n) is 4.14. The summed E-state index contributed by atoms with van der Waals surface area (Å²) in [6, 6.07) is 7.79. The van der Waals surface area contributed by atoms with Gasteiger partial charge in [0.15, 0.2) is 0 Å². The highest BCUT2D eigenvalue weighted by molar-refractivity contribution is 5.57. The van der Waals surface area contributed by atoms with Gasteiger partial charge in [0.2, 0.25) is 0 Å². The Hall–Kier alpha value is -1.75. The molecule has 0 atom stereocenters. The summed E-state index contributed by atoms with van der Waals surface area (Å²) < 4.78 is 0. The maximum absolute atomic E-state index is 8.77. The van der Waals surface area contributed by atoms with Crippen LogP contribution in [0.15, 0.2) is 30.9 Å². The minimum absolute atomic E-state index is 0.717. The largest absolute Gasteiger partial charge is 0.381 e. The SMILES string of the molecule is C=CCNc1cccc(C#N)c1C. The number of benzene rings is 1. The second-order valence-electron chi connectivity index (χ2n) is 2.76. The first kappa shape index (κ1) is 9.34. The summed E-state index contributed by atoms with van der Waals surface area (Å²) in [5.41, 5.74) is 2.71. The van der Waals surface area contributed by atoms with Gasteiger partial charge < -0.3 is 5.32 Å². The zero-order valence-corrected chi connectivity index (χ0v) is 7.67. The Balaban J connectivity index is 2.95. The monoisotopic (exact) mass is 172 g/mol. The fraction of sp³-hybridized carbons (Fsp3) is 0.182. The highest BCUT2D eigenvalue weighted by Gasteiger charge is 2.00. The van der Waals surface area contributed by atoms with Crippen LogP contribution in [0, 0.1) is 18.3 Å². The van der Waals surface area contributed by atoms with Gasteiger partial charge in [0, 0.05) is 12.2 Å². The van der Waals surface area contributed by atoms with Gasteiger partial charge in [-0.1, -0.05) is 12.1 Å². The first-order valence-corrected chi connectivity index (χ1v) is 4.14. The van der Waals surface area contributed by atoms with Crippen molar-refractivity contribution >= 4 is 5.69 Å². The lowest BCUT2D eigenvalue weighted by atomic mass is 10.1. The molecule has 0 aliphatic carbocycles. The fourth-order valence-corrected chi connectivity index (χ4v) is 1.13. The van der Waals surface area contributed by atoms with E-state index in [0.29, 0.717) is 5.56 Å². The molecule has 66 valence electrons. The van der Waals surface area contributed by atoms with Crippen molar-refractivity contribution in [2.45, 2.75) is 6.92 Å². The molecule has 0 spiro atoms. The molecule has 0 saturated heterocycles. The van der Waals surface area contributed by atoms with Crippen LogP contribution in [0.25, 0.3) is 0 Å². The van der Waals surface area contributed by atoms with Crippen LogP contribution in [0.3, 0.4) is 0 Å². The number of hydrogen-bond acceptors (Lipinski definition) is 2. The zero-order valence-electron chi connectivity index (χ0n) is 7.67. The molecule has 2 nitrogen and oxygen atoms in total. The molecule has 0 fully saturated rings. The molecule has 0 aliphatic rings. The number of hydrogen-bond donors (Lipinski definition) is 1. The van der Waals surface area contributed by atoms with Crippen molar-refractivity contribution in [2.24, 2.45) is 0 Å². The van der Waals surface area contributed by atoms with Crippen molar-refractivity contribution in [3.05, 3.63) is 42.0 Å². The van der Waals surface area contributed by atoms with Crippen LogP contribution in [0.2, 0.25) is 0 Å². The predicted molar refractivity (Wildman–Crippen MR) is 54.6 cm³/mol. The van der Waals surface area contributed by atoms with E-state index < -0.39 is 0 Å². The Morgan fingerprint density at radius 2 is 2.38 bits per heavy atom. The summed E-state index contributed by atoms with van der Waals surface area (Å²) in [4.78, 5) is 0. The summed E-state index contributed by atoms with van der Waals surface area (Å²) in [5.74, 6) is 0. The number of nitriles is 1. The van der Waals surface area contributed by atoms with Crippen molar-refractivity contribution in [1.29, 1.82) is 5.26 Å². The van der Waals surface area contributed by atoms with E-state index in [1.54, 1.807) is 6.08 Å². The Kier molecular flexibility index (Phi) is 3.10. The average molecular weight is 172 g/mol. The molecule has 13 heavy (non-hydrogen) atoms. The molecular weight excluding hydrogens is 160 g/mol. The van der Waals surface area contributed by atoms with Crippen molar-refractivity contribution in [3.8, 4) is 6.07 Å². The van der Waals surface area contributed by atoms with Crippen LogP contribution < -0.4 is 5.32 Å². The molecule has 1 aromatic rings. The summed E-state index contributed by atoms with van der Waals surface area (Å²) in [6.45, 7) is 6.27. The molecule has 0 bridgehead atoms. The van der Waals surface area contributed by atoms with Crippen LogP contribution in [0.4, 0.5) is 5.69 Å². The molecule has 0 unspecified atom stereocenters. The Morgan fingerprint density at radius 1 is 1.62 bits per heavy atom. The van der Waals surface area contributed by atoms with Crippen LogP contribution in [-0.4, -0.2) is 6.54 Å². The lowest BCUT2D eigenvalue weighted by Crippen LogP contribution is -2.00. The molecule has 0 aliphatic heterocycles. The van der Waals surface area contributed by atoms with E-state index in [0.717, 1.165) is 17.8 Å². The molecule has 0 heterocycles. The van der Waals surface area contributed by atoms with Crippen molar-refractivity contribution in [3.63, 3.8) is 0 Å². The van der Waals surface area contributed by atoms with Gasteiger partial charge in [-0.2, -0.15) is 5.26 Å². The van der Waals surface area contributed by atoms with E-state index in [1.165, 1.54) is 0 Å². The molecule has 1 rings (SSSR count). The summed E-state index contributed by atoms with van der Waals surface area (Å²) in [5, 5.41) is 11.9. The highest BCUT2D eigenvalue weighted by Crippen LogP contribution is 2.17. The minimum Gasteiger partial charge on any atom is -0.381 e. The van der Waals surface area contributed by atoms with Gasteiger partial charge in [-0.15, -0.1) is 6.58 Å². The zero-order chi connectivity index (χ0) is 9.68. The van der Waals surface area contributed by atoms with Gasteiger partial charge >= 0.3 is 0 Å². The van der Waals surface area contributed by atoms with E-state index in [-0.39, 0.29) is 0 Å². The Morgan fingerprint density at radius 3 is 3.00 bits per heavy atom. The molecule has 1 aromatic carbocycles. The number of nitrogens with zero attached hydrogens (tertiary/aromatic N) is 1. The lowest BCUT2D eigenvalue weighted by Gasteiger charge is -2.07. The van der Waals surface area contributed by atoms with Crippen LogP contribution >= 0.6 is 0 Å². The Labute approximate surface area is 78.5 Å². The summed E-state index contributed by atoms with van der Waals surface area (Å²) in [7, 11) is 0. The molecule has 0 amide bonds. The number of nitrogens with one attached hydrogen (secondary N) is 1. The van der Waals surface area contributed by atoms with Gasteiger partial charge in [-0.05, 0) is 24.6 Å². The quantitative estimate of drug-likeness (QED) is 0.711. The van der Waals surface area contributed by atoms with Crippen LogP contribution in [0.5, 0.6) is 0 Å². The Bertz CT molecular complexity index is 348. The summed E-state index contributed by atoms with van der Waals surface area (Å²) >= 11 is 0. The van der Waals surface area contributed by atoms with Crippen molar-refractivity contribution in [1.82, 2.24) is 0 Å². The topological polar surface area (TPSA) is 35.8 Å². The standard InChI is InChI=1S/C11H12N2/c1-3-7-13-11-6-4-5-10(8-12)9(11)2/h3-6,13H,1,7H2,2H3. The number of rotatable bonds is 3. The van der Waals surface area contributed by atoms with E-state index in [4.69, 9.17) is 5.26 Å². The van der Waals surface area contributed by atoms with Gasteiger partial charge in [0.05, 0.1) is 11.6 Å². The smallest absolute Gasteiger partial charge is 0.0995 e. The predicted octanol–water partition coefficient (Wildman–Crippen LogP) is 2.46. The van der Waals surface area contributed by atoms with Gasteiger partial charge in [-0.3, -0.25) is 0 Å². The normalized spacial score (nSPS) is 8.92. The molecule has 0 radical (unpaired) electrons. The molecule has 1 N–H and O–H groups in total. The summed E-state index contributed by atoms with van der Waals surface area (Å²) in [6.07, 6.45) is 1.79. The number of anilines is 1. The second kappa shape index (κ2) is 4.32. The third kappa shape index (κ3) is 2.09.